The maximum absolute atomic E-state index is 12.4. The van der Waals surface area contributed by atoms with E-state index >= 15 is 0 Å². The molecule has 1 saturated carbocycles. The van der Waals surface area contributed by atoms with E-state index in [2.05, 4.69) is 21.4 Å². The third-order valence-corrected chi connectivity index (χ3v) is 5.47. The molecule has 6 heteroatoms. The Morgan fingerprint density at radius 3 is 3.00 bits per heavy atom. The predicted octanol–water partition coefficient (Wildman–Crippen LogP) is 3.50. The monoisotopic (exact) mass is 329 g/mol. The number of thiophene rings is 1. The second kappa shape index (κ2) is 5.52. The highest BCUT2D eigenvalue weighted by molar-refractivity contribution is 7.98. The molecule has 4 nitrogen and oxygen atoms in total. The van der Waals surface area contributed by atoms with Crippen molar-refractivity contribution < 1.29 is 0 Å². The van der Waals surface area contributed by atoms with Crippen LogP contribution in [-0.2, 0) is 6.54 Å². The summed E-state index contributed by atoms with van der Waals surface area (Å²) in [6.07, 6.45) is 6.28. The summed E-state index contributed by atoms with van der Waals surface area (Å²) >= 11 is 3.22. The summed E-state index contributed by atoms with van der Waals surface area (Å²) in [7, 11) is 0. The molecule has 0 radical (unpaired) electrons. The van der Waals surface area contributed by atoms with Gasteiger partial charge in [0.2, 0.25) is 0 Å². The molecule has 1 aliphatic carbocycles. The van der Waals surface area contributed by atoms with Crippen molar-refractivity contribution >= 4 is 34.1 Å². The van der Waals surface area contributed by atoms with Crippen molar-refractivity contribution in [2.75, 3.05) is 6.26 Å². The molecular weight excluding hydrogens is 314 g/mol. The van der Waals surface area contributed by atoms with Gasteiger partial charge in [0.1, 0.15) is 5.65 Å². The van der Waals surface area contributed by atoms with Crippen molar-refractivity contribution in [3.05, 3.63) is 50.6 Å². The van der Waals surface area contributed by atoms with Gasteiger partial charge in [-0.15, -0.1) is 11.3 Å². The highest BCUT2D eigenvalue weighted by atomic mass is 32.2. The van der Waals surface area contributed by atoms with Crippen LogP contribution in [0, 0.1) is 0 Å². The molecule has 3 aromatic rings. The fourth-order valence-electron chi connectivity index (χ4n) is 2.69. The Morgan fingerprint density at radius 1 is 1.36 bits per heavy atom. The first-order valence-electron chi connectivity index (χ1n) is 7.23. The third kappa shape index (κ3) is 2.46. The topological polar surface area (TPSA) is 47.8 Å². The molecule has 0 N–H and O–H groups in total. The van der Waals surface area contributed by atoms with Gasteiger partial charge >= 0.3 is 0 Å². The molecule has 3 heterocycles. The summed E-state index contributed by atoms with van der Waals surface area (Å²) in [6, 6.07) is 5.61. The number of fused-ring (bicyclic) bond motifs is 1. The molecular formula is C16H15N3OS2. The van der Waals surface area contributed by atoms with Crippen LogP contribution >= 0.6 is 23.1 Å². The smallest absolute Gasteiger partial charge is 0.252 e. The molecule has 1 fully saturated rings. The van der Waals surface area contributed by atoms with Gasteiger partial charge in [0.25, 0.3) is 5.56 Å². The molecule has 0 aliphatic heterocycles. The maximum atomic E-state index is 12.4. The number of hydrogen-bond donors (Lipinski definition) is 0. The van der Waals surface area contributed by atoms with Crippen LogP contribution in [0.1, 0.15) is 29.2 Å². The Labute approximate surface area is 136 Å². The van der Waals surface area contributed by atoms with Crippen LogP contribution in [0.5, 0.6) is 0 Å². The quantitative estimate of drug-likeness (QED) is 0.543. The number of hydrogen-bond acceptors (Lipinski definition) is 5. The molecule has 0 saturated heterocycles. The zero-order chi connectivity index (χ0) is 15.1. The first kappa shape index (κ1) is 14.0. The number of nitrogens with zero attached hydrogens (tertiary/aromatic N) is 3. The number of pyridine rings is 1. The first-order chi connectivity index (χ1) is 10.8. The molecule has 3 aromatic heterocycles. The minimum Gasteiger partial charge on any atom is -0.287 e. The number of rotatable bonds is 4. The van der Waals surface area contributed by atoms with E-state index in [0.29, 0.717) is 17.6 Å². The Hall–Kier alpha value is -1.66. The SMILES string of the molecule is CSc1ncc2ccc(=O)n(Cc3sccc3C3CC3)c2n1. The van der Waals surface area contributed by atoms with Crippen molar-refractivity contribution in [1.29, 1.82) is 0 Å². The average Bonchev–Trinajstić information content (AvgIpc) is 3.29. The third-order valence-electron chi connectivity index (χ3n) is 3.98. The summed E-state index contributed by atoms with van der Waals surface area (Å²) in [5, 5.41) is 3.73. The molecule has 0 spiro atoms. The van der Waals surface area contributed by atoms with Gasteiger partial charge in [0.15, 0.2) is 5.16 Å². The van der Waals surface area contributed by atoms with Crippen molar-refractivity contribution in [2.45, 2.75) is 30.5 Å². The second-order valence-corrected chi connectivity index (χ2v) is 7.24. The van der Waals surface area contributed by atoms with Crippen LogP contribution in [0.4, 0.5) is 0 Å². The first-order valence-corrected chi connectivity index (χ1v) is 9.33. The minimum atomic E-state index is -0.00611. The normalized spacial score (nSPS) is 14.6. The van der Waals surface area contributed by atoms with Crippen LogP contribution in [-0.4, -0.2) is 20.8 Å². The predicted molar refractivity (Wildman–Crippen MR) is 91.0 cm³/mol. The van der Waals surface area contributed by atoms with Gasteiger partial charge < -0.3 is 0 Å². The molecule has 1 aliphatic rings. The summed E-state index contributed by atoms with van der Waals surface area (Å²) in [5.74, 6) is 0.698. The van der Waals surface area contributed by atoms with Gasteiger partial charge in [-0.1, -0.05) is 11.8 Å². The van der Waals surface area contributed by atoms with Crippen LogP contribution in [0.25, 0.3) is 11.0 Å². The molecule has 0 atom stereocenters. The maximum Gasteiger partial charge on any atom is 0.252 e. The zero-order valence-electron chi connectivity index (χ0n) is 12.2. The van der Waals surface area contributed by atoms with Crippen molar-refractivity contribution in [2.24, 2.45) is 0 Å². The molecule has 0 aromatic carbocycles. The van der Waals surface area contributed by atoms with Crippen molar-refractivity contribution in [3.8, 4) is 0 Å². The van der Waals surface area contributed by atoms with Crippen LogP contribution in [0.2, 0.25) is 0 Å². The van der Waals surface area contributed by atoms with E-state index in [1.165, 1.54) is 35.0 Å². The van der Waals surface area contributed by atoms with E-state index in [0.717, 1.165) is 11.0 Å². The van der Waals surface area contributed by atoms with Gasteiger partial charge in [0.05, 0.1) is 6.54 Å². The van der Waals surface area contributed by atoms with Gasteiger partial charge in [-0.05, 0) is 48.1 Å². The summed E-state index contributed by atoms with van der Waals surface area (Å²) in [6.45, 7) is 0.602. The molecule has 112 valence electrons. The summed E-state index contributed by atoms with van der Waals surface area (Å²) in [5.41, 5.74) is 2.13. The molecule has 0 bridgehead atoms. The largest absolute Gasteiger partial charge is 0.287 e. The van der Waals surface area contributed by atoms with E-state index in [9.17, 15) is 4.79 Å². The summed E-state index contributed by atoms with van der Waals surface area (Å²) < 4.78 is 1.77. The van der Waals surface area contributed by atoms with E-state index < -0.39 is 0 Å². The lowest BCUT2D eigenvalue weighted by molar-refractivity contribution is 0.774. The highest BCUT2D eigenvalue weighted by Crippen LogP contribution is 2.43. The van der Waals surface area contributed by atoms with Gasteiger partial charge in [-0.25, -0.2) is 9.97 Å². The van der Waals surface area contributed by atoms with Crippen LogP contribution in [0.3, 0.4) is 0 Å². The molecule has 22 heavy (non-hydrogen) atoms. The Balaban J connectivity index is 1.84. The Kier molecular flexibility index (Phi) is 3.50. The molecule has 0 unspecified atom stereocenters. The van der Waals surface area contributed by atoms with Crippen LogP contribution in [0.15, 0.2) is 39.7 Å². The average molecular weight is 329 g/mol. The fourth-order valence-corrected chi connectivity index (χ4v) is 3.98. The highest BCUT2D eigenvalue weighted by Gasteiger charge is 2.26. The van der Waals surface area contributed by atoms with Gasteiger partial charge in [0, 0.05) is 22.5 Å². The van der Waals surface area contributed by atoms with E-state index in [1.54, 1.807) is 34.2 Å². The van der Waals surface area contributed by atoms with Gasteiger partial charge in [-0.3, -0.25) is 9.36 Å². The lowest BCUT2D eigenvalue weighted by atomic mass is 10.1. The van der Waals surface area contributed by atoms with E-state index in [-0.39, 0.29) is 5.56 Å². The van der Waals surface area contributed by atoms with E-state index in [1.807, 2.05) is 6.26 Å². The van der Waals surface area contributed by atoms with Crippen molar-refractivity contribution in [1.82, 2.24) is 14.5 Å². The second-order valence-electron chi connectivity index (χ2n) is 5.47. The fraction of sp³-hybridized carbons (Fsp3) is 0.312. The Bertz CT molecular complexity index is 896. The number of thioether (sulfide) groups is 1. The van der Waals surface area contributed by atoms with Crippen LogP contribution < -0.4 is 5.56 Å². The van der Waals surface area contributed by atoms with Crippen molar-refractivity contribution in [3.63, 3.8) is 0 Å². The molecule has 4 rings (SSSR count). The Morgan fingerprint density at radius 2 is 2.23 bits per heavy atom. The van der Waals surface area contributed by atoms with E-state index in [4.69, 9.17) is 0 Å². The lowest BCUT2D eigenvalue weighted by Gasteiger charge is -2.10. The van der Waals surface area contributed by atoms with Gasteiger partial charge in [-0.2, -0.15) is 0 Å². The molecule has 0 amide bonds. The minimum absolute atomic E-state index is 0.00611. The lowest BCUT2D eigenvalue weighted by Crippen LogP contribution is -2.21. The standard InChI is InChI=1S/C16H15N3OS2/c1-21-16-17-8-11-4-5-14(20)19(15(11)18-16)9-13-12(6-7-22-13)10-2-3-10/h4-8,10H,2-3,9H2,1H3. The summed E-state index contributed by atoms with van der Waals surface area (Å²) in [4.78, 5) is 22.5. The number of aromatic nitrogens is 3. The zero-order valence-corrected chi connectivity index (χ0v) is 13.8.